The zero-order chi connectivity index (χ0) is 15.9. The molecule has 116 valence electrons. The molecule has 0 amide bonds. The predicted molar refractivity (Wildman–Crippen MR) is 89.0 cm³/mol. The molecular formula is C16H14Cl3NO2. The molecule has 0 bridgehead atoms. The summed E-state index contributed by atoms with van der Waals surface area (Å²) in [7, 11) is 0. The molecule has 0 N–H and O–H groups in total. The van der Waals surface area contributed by atoms with E-state index in [0.29, 0.717) is 23.1 Å². The van der Waals surface area contributed by atoms with Crippen LogP contribution in [0, 0.1) is 0 Å². The van der Waals surface area contributed by atoms with Crippen LogP contribution in [0.1, 0.15) is 11.1 Å². The van der Waals surface area contributed by atoms with Crippen molar-refractivity contribution in [3.8, 4) is 0 Å². The first-order valence-electron chi connectivity index (χ1n) is 6.57. The monoisotopic (exact) mass is 357 g/mol. The SMILES string of the molecule is O=C(CCl)ON(Cc1ccc(Cl)cc1)Cc1ccc(Cl)cc1. The van der Waals surface area contributed by atoms with Crippen molar-refractivity contribution in [1.29, 1.82) is 0 Å². The smallest absolute Gasteiger partial charge is 0.339 e. The van der Waals surface area contributed by atoms with Gasteiger partial charge in [0.15, 0.2) is 0 Å². The molecule has 6 heteroatoms. The largest absolute Gasteiger partial charge is 0.366 e. The van der Waals surface area contributed by atoms with E-state index in [1.165, 1.54) is 0 Å². The maximum Gasteiger partial charge on any atom is 0.339 e. The molecule has 0 aliphatic heterocycles. The summed E-state index contributed by atoms with van der Waals surface area (Å²) in [6.07, 6.45) is 0. The Morgan fingerprint density at radius 1 is 0.864 bits per heavy atom. The van der Waals surface area contributed by atoms with Crippen molar-refractivity contribution in [3.63, 3.8) is 0 Å². The van der Waals surface area contributed by atoms with Gasteiger partial charge in [-0.25, -0.2) is 4.79 Å². The van der Waals surface area contributed by atoms with Crippen LogP contribution in [0.4, 0.5) is 0 Å². The summed E-state index contributed by atoms with van der Waals surface area (Å²) in [5.74, 6) is -0.692. The van der Waals surface area contributed by atoms with Gasteiger partial charge in [0.1, 0.15) is 5.88 Å². The number of hydrogen-bond acceptors (Lipinski definition) is 3. The van der Waals surface area contributed by atoms with Gasteiger partial charge >= 0.3 is 5.97 Å². The summed E-state index contributed by atoms with van der Waals surface area (Å²) >= 11 is 17.2. The second-order valence-electron chi connectivity index (χ2n) is 4.65. The highest BCUT2D eigenvalue weighted by Gasteiger charge is 2.13. The number of hydrogen-bond donors (Lipinski definition) is 0. The van der Waals surface area contributed by atoms with Gasteiger partial charge in [0.25, 0.3) is 0 Å². The van der Waals surface area contributed by atoms with Gasteiger partial charge in [-0.15, -0.1) is 16.7 Å². The van der Waals surface area contributed by atoms with Gasteiger partial charge in [0.05, 0.1) is 13.1 Å². The molecule has 2 aromatic rings. The van der Waals surface area contributed by atoms with Crippen molar-refractivity contribution in [2.24, 2.45) is 0 Å². The number of halogens is 3. The van der Waals surface area contributed by atoms with Crippen LogP contribution in [0.5, 0.6) is 0 Å². The highest BCUT2D eigenvalue weighted by Crippen LogP contribution is 2.16. The van der Waals surface area contributed by atoms with E-state index in [1.54, 1.807) is 29.3 Å². The normalized spacial score (nSPS) is 10.7. The summed E-state index contributed by atoms with van der Waals surface area (Å²) in [6.45, 7) is 0.866. The number of hydroxylamine groups is 2. The van der Waals surface area contributed by atoms with Crippen molar-refractivity contribution in [1.82, 2.24) is 5.06 Å². The average molecular weight is 359 g/mol. The van der Waals surface area contributed by atoms with Crippen LogP contribution in [-0.2, 0) is 22.7 Å². The first-order valence-corrected chi connectivity index (χ1v) is 7.86. The van der Waals surface area contributed by atoms with Gasteiger partial charge < -0.3 is 4.84 Å². The summed E-state index contributed by atoms with van der Waals surface area (Å²) in [5, 5.41) is 2.87. The molecule has 3 nitrogen and oxygen atoms in total. The minimum Gasteiger partial charge on any atom is -0.366 e. The zero-order valence-electron chi connectivity index (χ0n) is 11.6. The maximum absolute atomic E-state index is 11.5. The molecule has 0 saturated heterocycles. The molecule has 0 unspecified atom stereocenters. The van der Waals surface area contributed by atoms with E-state index >= 15 is 0 Å². The van der Waals surface area contributed by atoms with Gasteiger partial charge in [-0.05, 0) is 35.4 Å². The number of alkyl halides is 1. The molecule has 2 rings (SSSR count). The van der Waals surface area contributed by atoms with Gasteiger partial charge in [-0.3, -0.25) is 0 Å². The second kappa shape index (κ2) is 8.39. The lowest BCUT2D eigenvalue weighted by Gasteiger charge is -2.21. The quantitative estimate of drug-likeness (QED) is 0.554. The molecule has 0 spiro atoms. The Morgan fingerprint density at radius 3 is 1.64 bits per heavy atom. The number of carbonyl (C=O) groups is 1. The number of nitrogens with zero attached hydrogens (tertiary/aromatic N) is 1. The van der Waals surface area contributed by atoms with Gasteiger partial charge in [0, 0.05) is 10.0 Å². The Morgan fingerprint density at radius 2 is 1.27 bits per heavy atom. The maximum atomic E-state index is 11.5. The lowest BCUT2D eigenvalue weighted by Crippen LogP contribution is -2.27. The topological polar surface area (TPSA) is 29.5 Å². The van der Waals surface area contributed by atoms with E-state index in [2.05, 4.69) is 0 Å². The molecule has 0 aliphatic carbocycles. The average Bonchev–Trinajstić information content (AvgIpc) is 2.51. The summed E-state index contributed by atoms with van der Waals surface area (Å²) in [6, 6.07) is 14.7. The Bertz CT molecular complexity index is 567. The van der Waals surface area contributed by atoms with Crippen LogP contribution in [0.15, 0.2) is 48.5 Å². The van der Waals surface area contributed by atoms with E-state index in [-0.39, 0.29) is 5.88 Å². The number of benzene rings is 2. The molecule has 0 aliphatic rings. The molecule has 0 fully saturated rings. The lowest BCUT2D eigenvalue weighted by molar-refractivity contribution is -0.193. The van der Waals surface area contributed by atoms with Gasteiger partial charge in [-0.2, -0.15) is 0 Å². The van der Waals surface area contributed by atoms with E-state index < -0.39 is 5.97 Å². The first kappa shape index (κ1) is 17.1. The molecule has 0 aromatic heterocycles. The minimum absolute atomic E-state index is 0.197. The van der Waals surface area contributed by atoms with Crippen molar-refractivity contribution in [2.75, 3.05) is 5.88 Å². The fourth-order valence-corrected chi connectivity index (χ4v) is 2.18. The number of rotatable bonds is 6. The van der Waals surface area contributed by atoms with Crippen molar-refractivity contribution >= 4 is 40.8 Å². The Balaban J connectivity index is 2.09. The van der Waals surface area contributed by atoms with Gasteiger partial charge in [0.2, 0.25) is 0 Å². The fraction of sp³-hybridized carbons (Fsp3) is 0.188. The third-order valence-electron chi connectivity index (χ3n) is 2.88. The summed E-state index contributed by atoms with van der Waals surface area (Å²) in [5.41, 5.74) is 1.95. The van der Waals surface area contributed by atoms with Crippen molar-refractivity contribution in [2.45, 2.75) is 13.1 Å². The van der Waals surface area contributed by atoms with Crippen LogP contribution < -0.4 is 0 Å². The minimum atomic E-state index is -0.496. The van der Waals surface area contributed by atoms with E-state index in [4.69, 9.17) is 39.6 Å². The molecule has 0 saturated carbocycles. The van der Waals surface area contributed by atoms with E-state index in [9.17, 15) is 4.79 Å². The molecule has 2 aromatic carbocycles. The Kier molecular flexibility index (Phi) is 6.52. The Hall–Kier alpha value is -1.26. The molecule has 0 atom stereocenters. The predicted octanol–water partition coefficient (Wildman–Crippen LogP) is 4.69. The lowest BCUT2D eigenvalue weighted by atomic mass is 10.2. The highest BCUT2D eigenvalue weighted by molar-refractivity contribution is 6.30. The van der Waals surface area contributed by atoms with Crippen LogP contribution in [0.2, 0.25) is 10.0 Å². The molecular weight excluding hydrogens is 345 g/mol. The third kappa shape index (κ3) is 5.50. The van der Waals surface area contributed by atoms with Crippen LogP contribution in [-0.4, -0.2) is 16.9 Å². The van der Waals surface area contributed by atoms with Crippen LogP contribution in [0.3, 0.4) is 0 Å². The first-order chi connectivity index (χ1) is 10.6. The van der Waals surface area contributed by atoms with Crippen molar-refractivity contribution in [3.05, 3.63) is 69.7 Å². The third-order valence-corrected chi connectivity index (χ3v) is 3.61. The van der Waals surface area contributed by atoms with Gasteiger partial charge in [-0.1, -0.05) is 47.5 Å². The summed E-state index contributed by atoms with van der Waals surface area (Å²) < 4.78 is 0. The summed E-state index contributed by atoms with van der Waals surface area (Å²) in [4.78, 5) is 16.7. The molecule has 0 heterocycles. The second-order valence-corrected chi connectivity index (χ2v) is 5.79. The molecule has 22 heavy (non-hydrogen) atoms. The van der Waals surface area contributed by atoms with Crippen LogP contribution >= 0.6 is 34.8 Å². The zero-order valence-corrected chi connectivity index (χ0v) is 13.9. The van der Waals surface area contributed by atoms with Crippen LogP contribution in [0.25, 0.3) is 0 Å². The fourth-order valence-electron chi connectivity index (χ4n) is 1.88. The van der Waals surface area contributed by atoms with E-state index in [0.717, 1.165) is 11.1 Å². The standard InChI is InChI=1S/C16H14Cl3NO2/c17-9-16(21)22-20(10-12-1-5-14(18)6-2-12)11-13-3-7-15(19)8-4-13/h1-8H,9-11H2. The highest BCUT2D eigenvalue weighted by atomic mass is 35.5. The molecule has 0 radical (unpaired) electrons. The Labute approximate surface area is 144 Å². The van der Waals surface area contributed by atoms with Crippen molar-refractivity contribution < 1.29 is 9.63 Å². The number of carbonyl (C=O) groups excluding carboxylic acids is 1. The van der Waals surface area contributed by atoms with E-state index in [1.807, 2.05) is 24.3 Å².